The molecule has 0 radical (unpaired) electrons. The Labute approximate surface area is 117 Å². The molecular formula is C11H9N5O5. The predicted octanol–water partition coefficient (Wildman–Crippen LogP) is 0.523. The van der Waals surface area contributed by atoms with Crippen LogP contribution in [0.2, 0.25) is 0 Å². The van der Waals surface area contributed by atoms with Crippen LogP contribution in [0, 0.1) is 10.1 Å². The van der Waals surface area contributed by atoms with Crippen molar-refractivity contribution in [3.8, 4) is 0 Å². The van der Waals surface area contributed by atoms with Crippen LogP contribution in [-0.2, 0) is 11.3 Å². The number of hydrogen-bond acceptors (Lipinski definition) is 6. The van der Waals surface area contributed by atoms with Crippen molar-refractivity contribution in [2.24, 2.45) is 0 Å². The zero-order valence-corrected chi connectivity index (χ0v) is 10.5. The highest BCUT2D eigenvalue weighted by atomic mass is 16.6. The molecule has 108 valence electrons. The van der Waals surface area contributed by atoms with E-state index in [0.717, 1.165) is 10.9 Å². The summed E-state index contributed by atoms with van der Waals surface area (Å²) in [7, 11) is 0. The van der Waals surface area contributed by atoms with E-state index < -0.39 is 16.8 Å². The summed E-state index contributed by atoms with van der Waals surface area (Å²) in [4.78, 5) is 35.9. The summed E-state index contributed by atoms with van der Waals surface area (Å²) in [5, 5.41) is 25.2. The molecule has 0 atom stereocenters. The second kappa shape index (κ2) is 5.77. The first-order valence-electron chi connectivity index (χ1n) is 5.63. The number of carbonyl (C=O) groups excluding carboxylic acids is 1. The van der Waals surface area contributed by atoms with Gasteiger partial charge in [-0.25, -0.2) is 9.78 Å². The smallest absolute Gasteiger partial charge is 0.389 e. The highest BCUT2D eigenvalue weighted by Gasteiger charge is 2.13. The maximum Gasteiger partial charge on any atom is 0.389 e. The average Bonchev–Trinajstić information content (AvgIpc) is 2.87. The number of carbonyl (C=O) groups is 2. The van der Waals surface area contributed by atoms with Gasteiger partial charge in [-0.2, -0.15) is 4.68 Å². The molecule has 0 aliphatic rings. The number of pyridine rings is 1. The van der Waals surface area contributed by atoms with Crippen molar-refractivity contribution in [1.29, 1.82) is 0 Å². The molecule has 0 spiro atoms. The zero-order chi connectivity index (χ0) is 15.4. The maximum absolute atomic E-state index is 11.7. The molecule has 0 unspecified atom stereocenters. The summed E-state index contributed by atoms with van der Waals surface area (Å²) in [5.41, 5.74) is -0.00398. The minimum atomic E-state index is -1.12. The van der Waals surface area contributed by atoms with Crippen LogP contribution in [0.3, 0.4) is 0 Å². The van der Waals surface area contributed by atoms with Crippen molar-refractivity contribution in [1.82, 2.24) is 14.8 Å². The summed E-state index contributed by atoms with van der Waals surface area (Å²) < 4.78 is 1.11. The Balaban J connectivity index is 1.97. The fraction of sp³-hybridized carbons (Fsp3) is 0.0909. The Morgan fingerprint density at radius 2 is 2.14 bits per heavy atom. The van der Waals surface area contributed by atoms with Gasteiger partial charge in [-0.3, -0.25) is 4.79 Å². The van der Waals surface area contributed by atoms with Crippen molar-refractivity contribution < 1.29 is 19.6 Å². The van der Waals surface area contributed by atoms with E-state index in [9.17, 15) is 19.7 Å². The molecule has 0 aliphatic heterocycles. The third kappa shape index (κ3) is 3.59. The van der Waals surface area contributed by atoms with Crippen LogP contribution < -0.4 is 5.32 Å². The summed E-state index contributed by atoms with van der Waals surface area (Å²) >= 11 is 0. The average molecular weight is 291 g/mol. The van der Waals surface area contributed by atoms with E-state index in [1.54, 1.807) is 0 Å². The molecule has 2 N–H and O–H groups in total. The third-order valence-electron chi connectivity index (χ3n) is 2.40. The lowest BCUT2D eigenvalue weighted by atomic mass is 10.3. The molecule has 1 amide bonds. The highest BCUT2D eigenvalue weighted by Crippen LogP contribution is 2.07. The molecule has 2 aromatic heterocycles. The van der Waals surface area contributed by atoms with Crippen LogP contribution in [0.15, 0.2) is 30.6 Å². The topological polar surface area (TPSA) is 140 Å². The van der Waals surface area contributed by atoms with E-state index in [4.69, 9.17) is 5.11 Å². The first-order valence-corrected chi connectivity index (χ1v) is 5.63. The van der Waals surface area contributed by atoms with Gasteiger partial charge in [-0.05, 0) is 17.1 Å². The van der Waals surface area contributed by atoms with Crippen LogP contribution in [0.25, 0.3) is 0 Å². The van der Waals surface area contributed by atoms with Crippen LogP contribution in [0.1, 0.15) is 10.4 Å². The largest absolute Gasteiger partial charge is 0.478 e. The monoisotopic (exact) mass is 291 g/mol. The lowest BCUT2D eigenvalue weighted by Crippen LogP contribution is -2.19. The molecule has 0 bridgehead atoms. The van der Waals surface area contributed by atoms with Crippen molar-refractivity contribution in [3.05, 3.63) is 46.3 Å². The highest BCUT2D eigenvalue weighted by molar-refractivity contribution is 5.91. The van der Waals surface area contributed by atoms with Crippen LogP contribution in [0.4, 0.5) is 11.6 Å². The SMILES string of the molecule is O=C(Cn1ccc([N+](=O)[O-])n1)Nc1ccc(C(=O)O)cn1. The second-order valence-electron chi connectivity index (χ2n) is 3.91. The third-order valence-corrected chi connectivity index (χ3v) is 2.40. The normalized spacial score (nSPS) is 10.1. The van der Waals surface area contributed by atoms with Gasteiger partial charge in [-0.1, -0.05) is 0 Å². The van der Waals surface area contributed by atoms with E-state index in [-0.39, 0.29) is 23.7 Å². The maximum atomic E-state index is 11.7. The van der Waals surface area contributed by atoms with E-state index in [1.165, 1.54) is 24.4 Å². The number of aromatic nitrogens is 3. The summed E-state index contributed by atoms with van der Waals surface area (Å²) in [6, 6.07) is 3.81. The Hall–Kier alpha value is -3.30. The zero-order valence-electron chi connectivity index (χ0n) is 10.5. The molecule has 0 fully saturated rings. The van der Waals surface area contributed by atoms with Gasteiger partial charge in [0.05, 0.1) is 22.9 Å². The fourth-order valence-corrected chi connectivity index (χ4v) is 1.46. The number of amides is 1. The number of hydrogen-bond donors (Lipinski definition) is 2. The van der Waals surface area contributed by atoms with Gasteiger partial charge >= 0.3 is 11.8 Å². The van der Waals surface area contributed by atoms with Gasteiger partial charge in [-0.15, -0.1) is 0 Å². The Kier molecular flexibility index (Phi) is 3.88. The molecular weight excluding hydrogens is 282 g/mol. The van der Waals surface area contributed by atoms with Crippen molar-refractivity contribution in [2.75, 3.05) is 5.32 Å². The van der Waals surface area contributed by atoms with Gasteiger partial charge < -0.3 is 20.5 Å². The molecule has 0 saturated heterocycles. The number of aromatic carboxylic acids is 1. The summed E-state index contributed by atoms with van der Waals surface area (Å²) in [6.45, 7) is -0.226. The van der Waals surface area contributed by atoms with Crippen LogP contribution in [-0.4, -0.2) is 36.7 Å². The Morgan fingerprint density at radius 3 is 2.67 bits per heavy atom. The van der Waals surface area contributed by atoms with E-state index in [2.05, 4.69) is 15.4 Å². The Bertz CT molecular complexity index is 693. The molecule has 0 saturated carbocycles. The Morgan fingerprint density at radius 1 is 1.38 bits per heavy atom. The van der Waals surface area contributed by atoms with Gasteiger partial charge in [0.2, 0.25) is 5.91 Å². The lowest BCUT2D eigenvalue weighted by molar-refractivity contribution is -0.389. The molecule has 0 aromatic carbocycles. The molecule has 10 heteroatoms. The minimum Gasteiger partial charge on any atom is -0.478 e. The lowest BCUT2D eigenvalue weighted by Gasteiger charge is -2.03. The predicted molar refractivity (Wildman–Crippen MR) is 68.7 cm³/mol. The van der Waals surface area contributed by atoms with E-state index in [1.807, 2.05) is 0 Å². The van der Waals surface area contributed by atoms with Gasteiger partial charge in [0.15, 0.2) is 0 Å². The van der Waals surface area contributed by atoms with Crippen molar-refractivity contribution >= 4 is 23.5 Å². The molecule has 21 heavy (non-hydrogen) atoms. The molecule has 0 aliphatic carbocycles. The number of carboxylic acid groups (broad SMARTS) is 1. The molecule has 2 heterocycles. The van der Waals surface area contributed by atoms with Crippen molar-refractivity contribution in [2.45, 2.75) is 6.54 Å². The number of nitrogens with zero attached hydrogens (tertiary/aromatic N) is 4. The summed E-state index contributed by atoms with van der Waals surface area (Å²) in [6.07, 6.45) is 2.41. The van der Waals surface area contributed by atoms with Crippen LogP contribution >= 0.6 is 0 Å². The first-order chi connectivity index (χ1) is 9.95. The van der Waals surface area contributed by atoms with Gasteiger partial charge in [0.25, 0.3) is 0 Å². The summed E-state index contributed by atoms with van der Waals surface area (Å²) in [5.74, 6) is -1.80. The first kappa shape index (κ1) is 14.1. The van der Waals surface area contributed by atoms with Crippen LogP contribution in [0.5, 0.6) is 0 Å². The fourth-order valence-electron chi connectivity index (χ4n) is 1.46. The number of nitro groups is 1. The molecule has 2 rings (SSSR count). The van der Waals surface area contributed by atoms with Gasteiger partial charge in [0.1, 0.15) is 12.4 Å². The van der Waals surface area contributed by atoms with E-state index in [0.29, 0.717) is 0 Å². The number of anilines is 1. The van der Waals surface area contributed by atoms with E-state index >= 15 is 0 Å². The quantitative estimate of drug-likeness (QED) is 0.604. The van der Waals surface area contributed by atoms with Crippen molar-refractivity contribution in [3.63, 3.8) is 0 Å². The number of nitrogens with one attached hydrogen (secondary N) is 1. The molecule has 2 aromatic rings. The molecule has 10 nitrogen and oxygen atoms in total. The number of rotatable bonds is 5. The number of carboxylic acids is 1. The minimum absolute atomic E-state index is 0.00398. The van der Waals surface area contributed by atoms with Gasteiger partial charge in [0, 0.05) is 6.20 Å². The second-order valence-corrected chi connectivity index (χ2v) is 3.91. The standard InChI is InChI=1S/C11H9N5O5/c17-10(6-15-4-3-9(14-15)16(20)21)13-8-2-1-7(5-12-8)11(18)19/h1-5H,6H2,(H,18,19)(H,12,13,17).